The summed E-state index contributed by atoms with van der Waals surface area (Å²) >= 11 is 0. The highest BCUT2D eigenvalue weighted by Crippen LogP contribution is 2.05. The molecule has 1 aromatic carbocycles. The predicted octanol–water partition coefficient (Wildman–Crippen LogP) is 1.99. The molecule has 0 amide bonds. The number of Topliss-reactive ketones (excluding diaryl/α,β-unsaturated/α-hetero) is 1. The molecule has 0 aromatic heterocycles. The van der Waals surface area contributed by atoms with Gasteiger partial charge in [-0.15, -0.1) is 0 Å². The molecule has 2 nitrogen and oxygen atoms in total. The number of benzene rings is 1. The summed E-state index contributed by atoms with van der Waals surface area (Å²) in [7, 11) is 4.12. The first kappa shape index (κ1) is 10.9. The fourth-order valence-electron chi connectivity index (χ4n) is 1.26. The Labute approximate surface area is 85.5 Å². The highest BCUT2D eigenvalue weighted by molar-refractivity contribution is 5.93. The van der Waals surface area contributed by atoms with Crippen LogP contribution in [0.15, 0.2) is 24.3 Å². The van der Waals surface area contributed by atoms with Gasteiger partial charge in [-0.1, -0.05) is 24.3 Å². The van der Waals surface area contributed by atoms with Crippen molar-refractivity contribution < 1.29 is 4.79 Å². The molecule has 0 radical (unpaired) electrons. The number of likely N-dealkylation sites (N-methyl/N-ethyl adjacent to an activating group) is 1. The normalized spacial score (nSPS) is 10.6. The van der Waals surface area contributed by atoms with Crippen molar-refractivity contribution in [3.63, 3.8) is 0 Å². The molecule has 14 heavy (non-hydrogen) atoms. The quantitative estimate of drug-likeness (QED) is 0.678. The van der Waals surface area contributed by atoms with Crippen molar-refractivity contribution in [3.05, 3.63) is 35.4 Å². The first-order valence-corrected chi connectivity index (χ1v) is 4.84. The Hall–Kier alpha value is -1.15. The Kier molecular flexibility index (Phi) is 3.84. The number of rotatable bonds is 4. The zero-order chi connectivity index (χ0) is 10.6. The van der Waals surface area contributed by atoms with E-state index in [0.717, 1.165) is 18.5 Å². The lowest BCUT2D eigenvalue weighted by Gasteiger charge is -2.09. The number of carbonyl (C=O) groups excluding carboxylic acids is 1. The van der Waals surface area contributed by atoms with Crippen LogP contribution in [0.25, 0.3) is 0 Å². The lowest BCUT2D eigenvalue weighted by atomic mass is 10.1. The Morgan fingerprint density at radius 3 is 2.21 bits per heavy atom. The summed E-state index contributed by atoms with van der Waals surface area (Å²) in [5.74, 6) is 0.129. The van der Waals surface area contributed by atoms with Crippen molar-refractivity contribution in [1.82, 2.24) is 4.90 Å². The Morgan fingerprint density at radius 2 is 1.79 bits per heavy atom. The third-order valence-electron chi connectivity index (χ3n) is 2.21. The molecule has 0 aliphatic heterocycles. The number of ketones is 1. The van der Waals surface area contributed by atoms with Crippen LogP contribution < -0.4 is 0 Å². The Balaban J connectivity index is 2.60. The van der Waals surface area contributed by atoms with Gasteiger partial charge in [0.25, 0.3) is 0 Å². The van der Waals surface area contributed by atoms with Crippen molar-refractivity contribution in [2.45, 2.75) is 13.3 Å². The minimum absolute atomic E-state index is 0.129. The molecule has 0 saturated heterocycles. The lowest BCUT2D eigenvalue weighted by Crippen LogP contribution is -2.15. The van der Waals surface area contributed by atoms with Gasteiger partial charge in [-0.3, -0.25) is 4.79 Å². The molecule has 0 spiro atoms. The van der Waals surface area contributed by atoms with E-state index in [1.165, 1.54) is 5.56 Å². The average Bonchev–Trinajstić information content (AvgIpc) is 2.15. The fourth-order valence-corrected chi connectivity index (χ4v) is 1.26. The van der Waals surface area contributed by atoms with Crippen LogP contribution >= 0.6 is 0 Å². The minimum atomic E-state index is 0.129. The van der Waals surface area contributed by atoms with E-state index < -0.39 is 0 Å². The molecule has 0 unspecified atom stereocenters. The molecule has 0 aliphatic carbocycles. The second-order valence-corrected chi connectivity index (χ2v) is 3.81. The van der Waals surface area contributed by atoms with Gasteiger partial charge in [-0.05, 0) is 33.0 Å². The maximum absolute atomic E-state index is 11.0. The van der Waals surface area contributed by atoms with E-state index >= 15 is 0 Å². The molecule has 0 bridgehead atoms. The molecule has 1 aromatic rings. The predicted molar refractivity (Wildman–Crippen MR) is 58.7 cm³/mol. The Morgan fingerprint density at radius 1 is 1.21 bits per heavy atom. The van der Waals surface area contributed by atoms with Gasteiger partial charge in [0.05, 0.1) is 0 Å². The molecule has 0 atom stereocenters. The highest BCUT2D eigenvalue weighted by atomic mass is 16.1. The van der Waals surface area contributed by atoms with E-state index in [0.29, 0.717) is 0 Å². The molecular weight excluding hydrogens is 174 g/mol. The monoisotopic (exact) mass is 191 g/mol. The molecular formula is C12H17NO. The zero-order valence-electron chi connectivity index (χ0n) is 9.08. The summed E-state index contributed by atoms with van der Waals surface area (Å²) in [4.78, 5) is 13.2. The van der Waals surface area contributed by atoms with Crippen LogP contribution in [-0.2, 0) is 6.42 Å². The van der Waals surface area contributed by atoms with E-state index in [2.05, 4.69) is 19.0 Å². The third-order valence-corrected chi connectivity index (χ3v) is 2.21. The summed E-state index contributed by atoms with van der Waals surface area (Å²) < 4.78 is 0. The second kappa shape index (κ2) is 4.91. The largest absolute Gasteiger partial charge is 0.309 e. The van der Waals surface area contributed by atoms with Crippen LogP contribution in [0, 0.1) is 0 Å². The first-order valence-electron chi connectivity index (χ1n) is 4.84. The molecule has 1 rings (SSSR count). The second-order valence-electron chi connectivity index (χ2n) is 3.81. The van der Waals surface area contributed by atoms with Gasteiger partial charge in [0.1, 0.15) is 0 Å². The summed E-state index contributed by atoms with van der Waals surface area (Å²) in [6, 6.07) is 7.85. The maximum Gasteiger partial charge on any atom is 0.159 e. The van der Waals surface area contributed by atoms with Crippen LogP contribution in [0.1, 0.15) is 22.8 Å². The molecule has 2 heteroatoms. The number of hydrogen-bond acceptors (Lipinski definition) is 2. The van der Waals surface area contributed by atoms with Crippen LogP contribution in [0.4, 0.5) is 0 Å². The van der Waals surface area contributed by atoms with Gasteiger partial charge in [-0.25, -0.2) is 0 Å². The summed E-state index contributed by atoms with van der Waals surface area (Å²) in [5, 5.41) is 0. The van der Waals surface area contributed by atoms with Crippen molar-refractivity contribution in [2.24, 2.45) is 0 Å². The van der Waals surface area contributed by atoms with Crippen molar-refractivity contribution in [3.8, 4) is 0 Å². The van der Waals surface area contributed by atoms with Gasteiger partial charge >= 0.3 is 0 Å². The molecule has 0 aliphatic rings. The number of carbonyl (C=O) groups is 1. The first-order chi connectivity index (χ1) is 6.59. The molecule has 0 saturated carbocycles. The van der Waals surface area contributed by atoms with E-state index in [1.807, 2.05) is 24.3 Å². The van der Waals surface area contributed by atoms with Crippen LogP contribution in [0.2, 0.25) is 0 Å². The van der Waals surface area contributed by atoms with Crippen molar-refractivity contribution in [1.29, 1.82) is 0 Å². The smallest absolute Gasteiger partial charge is 0.159 e. The Bertz CT molecular complexity index is 301. The highest BCUT2D eigenvalue weighted by Gasteiger charge is 1.99. The average molecular weight is 191 g/mol. The van der Waals surface area contributed by atoms with Crippen LogP contribution in [-0.4, -0.2) is 31.3 Å². The SMILES string of the molecule is CC(=O)c1ccc(CCN(C)C)cc1. The topological polar surface area (TPSA) is 20.3 Å². The summed E-state index contributed by atoms with van der Waals surface area (Å²) in [6.07, 6.45) is 1.03. The van der Waals surface area contributed by atoms with Gasteiger partial charge in [0.2, 0.25) is 0 Å². The summed E-state index contributed by atoms with van der Waals surface area (Å²) in [6.45, 7) is 2.63. The molecule has 0 N–H and O–H groups in total. The molecule has 0 fully saturated rings. The number of hydrogen-bond donors (Lipinski definition) is 0. The van der Waals surface area contributed by atoms with Crippen LogP contribution in [0.5, 0.6) is 0 Å². The molecule has 0 heterocycles. The van der Waals surface area contributed by atoms with E-state index in [4.69, 9.17) is 0 Å². The van der Waals surface area contributed by atoms with Gasteiger partial charge < -0.3 is 4.90 Å². The minimum Gasteiger partial charge on any atom is -0.309 e. The maximum atomic E-state index is 11.0. The summed E-state index contributed by atoms with van der Waals surface area (Å²) in [5.41, 5.74) is 2.07. The van der Waals surface area contributed by atoms with Gasteiger partial charge in [0.15, 0.2) is 5.78 Å². The standard InChI is InChI=1S/C12H17NO/c1-10(14)12-6-4-11(5-7-12)8-9-13(2)3/h4-7H,8-9H2,1-3H3. The number of nitrogens with zero attached hydrogens (tertiary/aromatic N) is 1. The van der Waals surface area contributed by atoms with E-state index in [-0.39, 0.29) is 5.78 Å². The van der Waals surface area contributed by atoms with Gasteiger partial charge in [-0.2, -0.15) is 0 Å². The van der Waals surface area contributed by atoms with Gasteiger partial charge in [0, 0.05) is 12.1 Å². The third kappa shape index (κ3) is 3.30. The van der Waals surface area contributed by atoms with Crippen molar-refractivity contribution >= 4 is 5.78 Å². The van der Waals surface area contributed by atoms with E-state index in [1.54, 1.807) is 6.92 Å². The van der Waals surface area contributed by atoms with Crippen LogP contribution in [0.3, 0.4) is 0 Å². The zero-order valence-corrected chi connectivity index (χ0v) is 9.08. The lowest BCUT2D eigenvalue weighted by molar-refractivity contribution is 0.101. The molecule has 76 valence electrons. The van der Waals surface area contributed by atoms with E-state index in [9.17, 15) is 4.79 Å². The fraction of sp³-hybridized carbons (Fsp3) is 0.417. The van der Waals surface area contributed by atoms with Crippen molar-refractivity contribution in [2.75, 3.05) is 20.6 Å².